The number of aromatic nitrogens is 1. The fourth-order valence-corrected chi connectivity index (χ4v) is 1.89. The highest BCUT2D eigenvalue weighted by Crippen LogP contribution is 2.24. The lowest BCUT2D eigenvalue weighted by Gasteiger charge is -2.08. The quantitative estimate of drug-likeness (QED) is 0.871. The van der Waals surface area contributed by atoms with E-state index in [9.17, 15) is 4.79 Å². The number of hydrogen-bond donors (Lipinski definition) is 1. The van der Waals surface area contributed by atoms with Gasteiger partial charge in [-0.05, 0) is 47.1 Å². The van der Waals surface area contributed by atoms with E-state index in [0.29, 0.717) is 18.0 Å². The average molecular weight is 321 g/mol. The number of hydrogen-bond acceptors (Lipinski definition) is 4. The Hall–Kier alpha value is -1.88. The fraction of sp³-hybridized carbons (Fsp3) is 0.143. The molecule has 0 amide bonds. The minimum absolute atomic E-state index is 0.357. The zero-order valence-electron chi connectivity index (χ0n) is 10.4. The van der Waals surface area contributed by atoms with Crippen molar-refractivity contribution in [3.05, 3.63) is 52.6 Å². The second kappa shape index (κ2) is 6.33. The van der Waals surface area contributed by atoms with Crippen molar-refractivity contribution in [3.8, 4) is 0 Å². The number of benzene rings is 1. The molecule has 1 N–H and O–H groups in total. The lowest BCUT2D eigenvalue weighted by molar-refractivity contribution is 0.0526. The first kappa shape index (κ1) is 13.5. The van der Waals surface area contributed by atoms with E-state index >= 15 is 0 Å². The molecule has 1 aromatic carbocycles. The Labute approximate surface area is 119 Å². The summed E-state index contributed by atoms with van der Waals surface area (Å²) >= 11 is 3.45. The average Bonchev–Trinajstić information content (AvgIpc) is 2.42. The molecule has 1 heterocycles. The highest BCUT2D eigenvalue weighted by molar-refractivity contribution is 9.10. The molecule has 2 rings (SSSR count). The van der Waals surface area contributed by atoms with Gasteiger partial charge in [0.05, 0.1) is 17.9 Å². The molecule has 0 aliphatic heterocycles. The molecule has 0 aliphatic rings. The van der Waals surface area contributed by atoms with Gasteiger partial charge in [0, 0.05) is 10.7 Å². The Morgan fingerprint density at radius 2 is 2.11 bits per heavy atom. The number of rotatable bonds is 4. The maximum absolute atomic E-state index is 11.5. The van der Waals surface area contributed by atoms with E-state index in [1.165, 1.54) is 6.20 Å². The molecule has 4 nitrogen and oxygen atoms in total. The molecule has 0 spiro atoms. The van der Waals surface area contributed by atoms with E-state index in [4.69, 9.17) is 4.74 Å². The number of carbonyl (C=O) groups excluding carboxylic acids is 1. The number of halogens is 1. The summed E-state index contributed by atoms with van der Waals surface area (Å²) in [6.07, 6.45) is 1.50. The molecule has 0 saturated carbocycles. The van der Waals surface area contributed by atoms with Crippen LogP contribution in [0.1, 0.15) is 17.3 Å². The molecule has 0 bridgehead atoms. The highest BCUT2D eigenvalue weighted by atomic mass is 79.9. The van der Waals surface area contributed by atoms with E-state index in [-0.39, 0.29) is 5.97 Å². The molecule has 0 radical (unpaired) electrons. The molecule has 0 unspecified atom stereocenters. The van der Waals surface area contributed by atoms with E-state index in [1.807, 2.05) is 24.3 Å². The second-order valence-electron chi connectivity index (χ2n) is 3.76. The summed E-state index contributed by atoms with van der Waals surface area (Å²) in [5.74, 6) is 0.308. The number of ether oxygens (including phenoxy) is 1. The van der Waals surface area contributed by atoms with Gasteiger partial charge in [-0.15, -0.1) is 0 Å². The molecule has 5 heteroatoms. The molecular formula is C14H13BrN2O2. The van der Waals surface area contributed by atoms with Crippen LogP contribution in [-0.2, 0) is 4.74 Å². The van der Waals surface area contributed by atoms with Crippen LogP contribution in [0.25, 0.3) is 0 Å². The van der Waals surface area contributed by atoms with Crippen LogP contribution < -0.4 is 5.32 Å². The molecule has 0 atom stereocenters. The summed E-state index contributed by atoms with van der Waals surface area (Å²) in [4.78, 5) is 15.7. The number of nitrogens with one attached hydrogen (secondary N) is 1. The first-order valence-corrected chi connectivity index (χ1v) is 6.64. The summed E-state index contributed by atoms with van der Waals surface area (Å²) < 4.78 is 5.85. The van der Waals surface area contributed by atoms with E-state index in [1.54, 1.807) is 19.1 Å². The molecule has 0 aliphatic carbocycles. The minimum Gasteiger partial charge on any atom is -0.462 e. The minimum atomic E-state index is -0.359. The van der Waals surface area contributed by atoms with Gasteiger partial charge in [0.15, 0.2) is 0 Å². The van der Waals surface area contributed by atoms with E-state index < -0.39 is 0 Å². The van der Waals surface area contributed by atoms with Gasteiger partial charge in [0.2, 0.25) is 0 Å². The van der Waals surface area contributed by atoms with Gasteiger partial charge in [-0.3, -0.25) is 0 Å². The maximum atomic E-state index is 11.5. The molecule has 0 fully saturated rings. The van der Waals surface area contributed by atoms with Crippen molar-refractivity contribution in [3.63, 3.8) is 0 Å². The van der Waals surface area contributed by atoms with E-state index in [0.717, 1.165) is 10.2 Å². The monoisotopic (exact) mass is 320 g/mol. The summed E-state index contributed by atoms with van der Waals surface area (Å²) in [6.45, 7) is 2.13. The topological polar surface area (TPSA) is 51.2 Å². The smallest absolute Gasteiger partial charge is 0.339 e. The molecule has 0 saturated heterocycles. The fourth-order valence-electron chi connectivity index (χ4n) is 1.50. The standard InChI is InChI=1S/C14H13BrN2O2/c1-2-19-14(18)10-7-8-13(16-9-10)17-12-6-4-3-5-11(12)15/h3-9H,2H2,1H3,(H,16,17). The van der Waals surface area contributed by atoms with Gasteiger partial charge in [0.1, 0.15) is 5.82 Å². The molecular weight excluding hydrogens is 308 g/mol. The Kier molecular flexibility index (Phi) is 4.52. The van der Waals surface area contributed by atoms with Crippen LogP contribution in [0.4, 0.5) is 11.5 Å². The number of carbonyl (C=O) groups is 1. The van der Waals surface area contributed by atoms with Crippen molar-refractivity contribution in [2.45, 2.75) is 6.92 Å². The van der Waals surface area contributed by atoms with Crippen molar-refractivity contribution in [2.75, 3.05) is 11.9 Å². The van der Waals surface area contributed by atoms with Crippen LogP contribution in [0, 0.1) is 0 Å². The second-order valence-corrected chi connectivity index (χ2v) is 4.61. The van der Waals surface area contributed by atoms with Gasteiger partial charge in [-0.2, -0.15) is 0 Å². The maximum Gasteiger partial charge on any atom is 0.339 e. The summed E-state index contributed by atoms with van der Waals surface area (Å²) in [5, 5.41) is 3.16. The predicted octanol–water partition coefficient (Wildman–Crippen LogP) is 3.76. The number of esters is 1. The first-order valence-electron chi connectivity index (χ1n) is 5.85. The van der Waals surface area contributed by atoms with Crippen LogP contribution in [0.5, 0.6) is 0 Å². The molecule has 2 aromatic rings. The first-order chi connectivity index (χ1) is 9.20. The van der Waals surface area contributed by atoms with Crippen LogP contribution in [0.15, 0.2) is 47.1 Å². The van der Waals surface area contributed by atoms with Crippen LogP contribution in [0.2, 0.25) is 0 Å². The largest absolute Gasteiger partial charge is 0.462 e. The van der Waals surface area contributed by atoms with Gasteiger partial charge >= 0.3 is 5.97 Å². The van der Waals surface area contributed by atoms with Crippen molar-refractivity contribution >= 4 is 33.4 Å². The van der Waals surface area contributed by atoms with Crippen molar-refractivity contribution in [2.24, 2.45) is 0 Å². The van der Waals surface area contributed by atoms with Crippen molar-refractivity contribution in [1.82, 2.24) is 4.98 Å². The van der Waals surface area contributed by atoms with Crippen LogP contribution >= 0.6 is 15.9 Å². The van der Waals surface area contributed by atoms with Gasteiger partial charge in [-0.1, -0.05) is 12.1 Å². The van der Waals surface area contributed by atoms with Gasteiger partial charge in [-0.25, -0.2) is 9.78 Å². The Balaban J connectivity index is 2.11. The molecule has 19 heavy (non-hydrogen) atoms. The summed E-state index contributed by atoms with van der Waals surface area (Å²) in [7, 11) is 0. The highest BCUT2D eigenvalue weighted by Gasteiger charge is 2.07. The Morgan fingerprint density at radius 1 is 1.32 bits per heavy atom. The SMILES string of the molecule is CCOC(=O)c1ccc(Nc2ccccc2Br)nc1. The third kappa shape index (κ3) is 3.54. The van der Waals surface area contributed by atoms with Crippen LogP contribution in [-0.4, -0.2) is 17.6 Å². The number of anilines is 2. The number of para-hydroxylation sites is 1. The number of pyridine rings is 1. The lowest BCUT2D eigenvalue weighted by atomic mass is 10.3. The third-order valence-corrected chi connectivity index (χ3v) is 3.10. The zero-order valence-corrected chi connectivity index (χ0v) is 12.0. The lowest BCUT2D eigenvalue weighted by Crippen LogP contribution is -2.05. The predicted molar refractivity (Wildman–Crippen MR) is 77.6 cm³/mol. The van der Waals surface area contributed by atoms with Crippen molar-refractivity contribution < 1.29 is 9.53 Å². The number of nitrogens with zero attached hydrogens (tertiary/aromatic N) is 1. The summed E-state index contributed by atoms with van der Waals surface area (Å²) in [5.41, 5.74) is 1.36. The normalized spacial score (nSPS) is 10.0. The van der Waals surface area contributed by atoms with Crippen molar-refractivity contribution in [1.29, 1.82) is 0 Å². The van der Waals surface area contributed by atoms with Gasteiger partial charge in [0.25, 0.3) is 0 Å². The Morgan fingerprint density at radius 3 is 2.74 bits per heavy atom. The molecule has 98 valence electrons. The van der Waals surface area contributed by atoms with Gasteiger partial charge < -0.3 is 10.1 Å². The third-order valence-electron chi connectivity index (χ3n) is 2.41. The zero-order chi connectivity index (χ0) is 13.7. The Bertz CT molecular complexity index is 570. The summed E-state index contributed by atoms with van der Waals surface area (Å²) in [6, 6.07) is 11.2. The van der Waals surface area contributed by atoms with Crippen LogP contribution in [0.3, 0.4) is 0 Å². The van der Waals surface area contributed by atoms with E-state index in [2.05, 4.69) is 26.2 Å². The molecule has 1 aromatic heterocycles.